The summed E-state index contributed by atoms with van der Waals surface area (Å²) in [7, 11) is 0. The highest BCUT2D eigenvalue weighted by Gasteiger charge is 2.39. The van der Waals surface area contributed by atoms with Gasteiger partial charge in [0.25, 0.3) is 0 Å². The number of hydrogen-bond donors (Lipinski definition) is 4. The molecular formula is C18H21N3O2. The van der Waals surface area contributed by atoms with E-state index in [0.29, 0.717) is 6.42 Å². The third-order valence-corrected chi connectivity index (χ3v) is 5.01. The number of fused-ring (bicyclic) bond motifs is 2. The topological polar surface area (TPSA) is 73.4 Å². The lowest BCUT2D eigenvalue weighted by Crippen LogP contribution is -2.48. The Bertz CT molecular complexity index is 683. The molecule has 1 aromatic rings. The van der Waals surface area contributed by atoms with E-state index in [1.807, 2.05) is 36.4 Å². The van der Waals surface area contributed by atoms with Crippen LogP contribution in [0.5, 0.6) is 0 Å². The van der Waals surface area contributed by atoms with Gasteiger partial charge in [-0.15, -0.1) is 0 Å². The third kappa shape index (κ3) is 2.56. The van der Waals surface area contributed by atoms with Crippen molar-refractivity contribution in [2.24, 2.45) is 5.92 Å². The molecule has 1 fully saturated rings. The van der Waals surface area contributed by atoms with Crippen LogP contribution in [-0.4, -0.2) is 23.2 Å². The van der Waals surface area contributed by atoms with Gasteiger partial charge in [0.2, 0.25) is 5.91 Å². The van der Waals surface area contributed by atoms with Gasteiger partial charge in [0.15, 0.2) is 0 Å². The second-order valence-corrected chi connectivity index (χ2v) is 6.44. The molecule has 1 aliphatic heterocycles. The van der Waals surface area contributed by atoms with Gasteiger partial charge in [-0.25, -0.2) is 5.43 Å². The van der Waals surface area contributed by atoms with Gasteiger partial charge < -0.3 is 15.8 Å². The lowest BCUT2D eigenvalue weighted by Gasteiger charge is -2.22. The molecule has 5 nitrogen and oxygen atoms in total. The van der Waals surface area contributed by atoms with Gasteiger partial charge in [-0.3, -0.25) is 4.79 Å². The minimum absolute atomic E-state index is 0.0615. The Morgan fingerprint density at radius 2 is 2.17 bits per heavy atom. The predicted octanol–water partition coefficient (Wildman–Crippen LogP) is 1.09. The lowest BCUT2D eigenvalue weighted by atomic mass is 9.93. The van der Waals surface area contributed by atoms with Crippen LogP contribution in [0.4, 0.5) is 0 Å². The summed E-state index contributed by atoms with van der Waals surface area (Å²) in [5.41, 5.74) is 9.41. The fourth-order valence-electron chi connectivity index (χ4n) is 3.80. The molecule has 4 rings (SSSR count). The average molecular weight is 311 g/mol. The van der Waals surface area contributed by atoms with E-state index in [2.05, 4.69) is 22.2 Å². The second kappa shape index (κ2) is 5.83. The van der Waals surface area contributed by atoms with Gasteiger partial charge in [-0.1, -0.05) is 36.4 Å². The number of carbonyl (C=O) groups excluding carboxylic acids is 1. The molecular weight excluding hydrogens is 290 g/mol. The standard InChI is InChI=1S/C18H21N3O2/c22-15-10-11-6-4-5-7-12(11)16(15)19-18(23)17-13-8-2-1-3-9-14(13)20-21-17/h1,3-7,9,13,15-17,20-22H,2,8,10H2,(H,19,23)/t13?,15-,16+,17?/m1/s1. The number of aliphatic hydroxyl groups is 1. The summed E-state index contributed by atoms with van der Waals surface area (Å²) < 4.78 is 0. The first-order valence-electron chi connectivity index (χ1n) is 8.18. The first-order chi connectivity index (χ1) is 11.2. The van der Waals surface area contributed by atoms with Crippen LogP contribution < -0.4 is 16.2 Å². The van der Waals surface area contributed by atoms with Crippen LogP contribution in [0, 0.1) is 5.92 Å². The molecule has 120 valence electrons. The van der Waals surface area contributed by atoms with Crippen molar-refractivity contribution < 1.29 is 9.90 Å². The van der Waals surface area contributed by atoms with Crippen molar-refractivity contribution in [3.8, 4) is 0 Å². The first kappa shape index (κ1) is 14.5. The van der Waals surface area contributed by atoms with E-state index in [1.54, 1.807) is 0 Å². The van der Waals surface area contributed by atoms with Crippen molar-refractivity contribution in [1.82, 2.24) is 16.2 Å². The number of aliphatic hydroxyl groups excluding tert-OH is 1. The summed E-state index contributed by atoms with van der Waals surface area (Å²) in [6.45, 7) is 0. The minimum Gasteiger partial charge on any atom is -0.390 e. The van der Waals surface area contributed by atoms with E-state index >= 15 is 0 Å². The average Bonchev–Trinajstić information content (AvgIpc) is 3.00. The quantitative estimate of drug-likeness (QED) is 0.660. The SMILES string of the molecule is O=C(N[C@H]1c2ccccc2C[C@H]1O)C1NNC2=CC=CCCC21. The molecule has 1 saturated heterocycles. The Balaban J connectivity index is 1.50. The van der Waals surface area contributed by atoms with Gasteiger partial charge in [0.05, 0.1) is 12.1 Å². The molecule has 23 heavy (non-hydrogen) atoms. The van der Waals surface area contributed by atoms with Gasteiger partial charge in [0, 0.05) is 18.0 Å². The van der Waals surface area contributed by atoms with Crippen LogP contribution in [-0.2, 0) is 11.2 Å². The van der Waals surface area contributed by atoms with Gasteiger partial charge in [-0.2, -0.15) is 0 Å². The number of hydrazine groups is 1. The van der Waals surface area contributed by atoms with Crippen molar-refractivity contribution in [1.29, 1.82) is 0 Å². The maximum atomic E-state index is 12.8. The fraction of sp³-hybridized carbons (Fsp3) is 0.389. The molecule has 1 aromatic carbocycles. The highest BCUT2D eigenvalue weighted by atomic mass is 16.3. The molecule has 0 bridgehead atoms. The molecule has 1 heterocycles. The molecule has 4 N–H and O–H groups in total. The zero-order chi connectivity index (χ0) is 15.8. The molecule has 4 atom stereocenters. The third-order valence-electron chi connectivity index (χ3n) is 5.01. The van der Waals surface area contributed by atoms with Crippen LogP contribution in [0.3, 0.4) is 0 Å². The monoisotopic (exact) mass is 311 g/mol. The maximum absolute atomic E-state index is 12.8. The number of allylic oxidation sites excluding steroid dienone is 3. The Kier molecular flexibility index (Phi) is 3.67. The van der Waals surface area contributed by atoms with E-state index in [0.717, 1.165) is 29.7 Å². The van der Waals surface area contributed by atoms with Crippen molar-refractivity contribution in [2.75, 3.05) is 0 Å². The van der Waals surface area contributed by atoms with Crippen LogP contribution in [0.1, 0.15) is 30.0 Å². The van der Waals surface area contributed by atoms with Crippen LogP contribution in [0.2, 0.25) is 0 Å². The Morgan fingerprint density at radius 1 is 1.30 bits per heavy atom. The van der Waals surface area contributed by atoms with Crippen molar-refractivity contribution >= 4 is 5.91 Å². The fourth-order valence-corrected chi connectivity index (χ4v) is 3.80. The minimum atomic E-state index is -0.559. The van der Waals surface area contributed by atoms with Crippen LogP contribution in [0.25, 0.3) is 0 Å². The highest BCUT2D eigenvalue weighted by molar-refractivity contribution is 5.83. The molecule has 2 aliphatic carbocycles. The Hall–Kier alpha value is -2.11. The number of carbonyl (C=O) groups is 1. The van der Waals surface area contributed by atoms with Gasteiger partial charge in [0.1, 0.15) is 6.04 Å². The number of hydrogen-bond acceptors (Lipinski definition) is 4. The number of nitrogens with one attached hydrogen (secondary N) is 3. The molecule has 3 aliphatic rings. The van der Waals surface area contributed by atoms with E-state index < -0.39 is 6.10 Å². The highest BCUT2D eigenvalue weighted by Crippen LogP contribution is 2.32. The van der Waals surface area contributed by atoms with Crippen LogP contribution in [0.15, 0.2) is 48.2 Å². The van der Waals surface area contributed by atoms with E-state index in [1.165, 1.54) is 0 Å². The lowest BCUT2D eigenvalue weighted by molar-refractivity contribution is -0.125. The number of amides is 1. The number of rotatable bonds is 2. The largest absolute Gasteiger partial charge is 0.390 e. The summed E-state index contributed by atoms with van der Waals surface area (Å²) >= 11 is 0. The molecule has 5 heteroatoms. The first-order valence-corrected chi connectivity index (χ1v) is 8.18. The second-order valence-electron chi connectivity index (χ2n) is 6.44. The number of benzene rings is 1. The predicted molar refractivity (Wildman–Crippen MR) is 87.0 cm³/mol. The van der Waals surface area contributed by atoms with Crippen LogP contribution >= 0.6 is 0 Å². The van der Waals surface area contributed by atoms with Crippen molar-refractivity contribution in [3.63, 3.8) is 0 Å². The van der Waals surface area contributed by atoms with Crippen molar-refractivity contribution in [3.05, 3.63) is 59.3 Å². The van der Waals surface area contributed by atoms with Crippen molar-refractivity contribution in [2.45, 2.75) is 37.5 Å². The zero-order valence-electron chi connectivity index (χ0n) is 12.8. The molecule has 2 unspecified atom stereocenters. The van der Waals surface area contributed by atoms with E-state index in [-0.39, 0.29) is 23.9 Å². The van der Waals surface area contributed by atoms with E-state index in [9.17, 15) is 9.90 Å². The summed E-state index contributed by atoms with van der Waals surface area (Å²) in [6.07, 6.45) is 8.11. The maximum Gasteiger partial charge on any atom is 0.240 e. The molecule has 0 aromatic heterocycles. The summed E-state index contributed by atoms with van der Waals surface area (Å²) in [5.74, 6) is 0.0901. The molecule has 0 radical (unpaired) electrons. The Labute approximate surface area is 135 Å². The summed E-state index contributed by atoms with van der Waals surface area (Å²) in [4.78, 5) is 12.8. The van der Waals surface area contributed by atoms with Gasteiger partial charge >= 0.3 is 0 Å². The molecule has 0 spiro atoms. The van der Waals surface area contributed by atoms with E-state index in [4.69, 9.17) is 0 Å². The zero-order valence-corrected chi connectivity index (χ0v) is 12.8. The smallest absolute Gasteiger partial charge is 0.240 e. The Morgan fingerprint density at radius 3 is 3.09 bits per heavy atom. The molecule has 1 amide bonds. The van der Waals surface area contributed by atoms with Gasteiger partial charge in [-0.05, 0) is 30.0 Å². The normalized spacial score (nSPS) is 31.6. The molecule has 0 saturated carbocycles. The summed E-state index contributed by atoms with van der Waals surface area (Å²) in [5, 5.41) is 13.3. The summed E-state index contributed by atoms with van der Waals surface area (Å²) in [6, 6.07) is 7.28.